The molecule has 11 heteroatoms. The van der Waals surface area contributed by atoms with Gasteiger partial charge in [-0.3, -0.25) is 19.7 Å². The van der Waals surface area contributed by atoms with E-state index in [1.807, 2.05) is 0 Å². The molecule has 1 saturated heterocycles. The van der Waals surface area contributed by atoms with Crippen molar-refractivity contribution in [3.63, 3.8) is 0 Å². The number of carbonyl (C=O) groups excluding carboxylic acids is 2. The number of sulfone groups is 1. The predicted octanol–water partition coefficient (Wildman–Crippen LogP) is 2.93. The van der Waals surface area contributed by atoms with Crippen molar-refractivity contribution in [2.24, 2.45) is 5.92 Å². The summed E-state index contributed by atoms with van der Waals surface area (Å²) >= 11 is 0. The number of anilines is 2. The molecule has 32 heavy (non-hydrogen) atoms. The van der Waals surface area contributed by atoms with Crippen molar-refractivity contribution < 1.29 is 27.3 Å². The molecule has 1 unspecified atom stereocenters. The van der Waals surface area contributed by atoms with Crippen molar-refractivity contribution >= 4 is 38.7 Å². The highest BCUT2D eigenvalue weighted by Crippen LogP contribution is 2.32. The van der Waals surface area contributed by atoms with Crippen LogP contribution < -0.4 is 9.80 Å². The average molecular weight is 463 g/mol. The van der Waals surface area contributed by atoms with Gasteiger partial charge >= 0.3 is 5.69 Å². The number of nitrogens with zero attached hydrogens (tertiary/aromatic N) is 3. The van der Waals surface area contributed by atoms with E-state index >= 15 is 0 Å². The molecule has 2 aromatic carbocycles. The Morgan fingerprint density at radius 3 is 2.38 bits per heavy atom. The lowest BCUT2D eigenvalue weighted by atomic mass is 10.1. The van der Waals surface area contributed by atoms with E-state index < -0.39 is 38.1 Å². The molecular weight excluding hydrogens is 441 g/mol. The fourth-order valence-electron chi connectivity index (χ4n) is 3.66. The van der Waals surface area contributed by atoms with Crippen LogP contribution in [0.5, 0.6) is 0 Å². The molecule has 1 aliphatic rings. The maximum atomic E-state index is 13.7. The Morgan fingerprint density at radius 1 is 1.22 bits per heavy atom. The van der Waals surface area contributed by atoms with Crippen LogP contribution in [0.25, 0.3) is 0 Å². The van der Waals surface area contributed by atoms with E-state index in [0.717, 1.165) is 18.4 Å². The third-order valence-corrected chi connectivity index (χ3v) is 6.34. The lowest BCUT2D eigenvalue weighted by molar-refractivity contribution is -0.387. The molecule has 0 saturated carbocycles. The maximum absolute atomic E-state index is 13.7. The molecule has 1 aliphatic heterocycles. The summed E-state index contributed by atoms with van der Waals surface area (Å²) in [5, 5.41) is 11.0. The lowest BCUT2D eigenvalue weighted by Crippen LogP contribution is -2.42. The molecular formula is C21H22FN3O6S. The summed E-state index contributed by atoms with van der Waals surface area (Å²) in [6, 6.07) is 8.77. The minimum atomic E-state index is -3.39. The zero-order chi connectivity index (χ0) is 23.8. The van der Waals surface area contributed by atoms with E-state index in [1.54, 1.807) is 13.8 Å². The summed E-state index contributed by atoms with van der Waals surface area (Å²) in [5.41, 5.74) is -0.118. The van der Waals surface area contributed by atoms with Crippen molar-refractivity contribution in [2.75, 3.05) is 22.6 Å². The number of nitro benzene ring substituents is 1. The number of rotatable bonds is 6. The summed E-state index contributed by atoms with van der Waals surface area (Å²) in [6.07, 6.45) is 0.987. The van der Waals surface area contributed by atoms with Crippen LogP contribution in [0.15, 0.2) is 47.4 Å². The predicted molar refractivity (Wildman–Crippen MR) is 116 cm³/mol. The fourth-order valence-corrected chi connectivity index (χ4v) is 4.29. The highest BCUT2D eigenvalue weighted by molar-refractivity contribution is 7.90. The first-order valence-corrected chi connectivity index (χ1v) is 11.7. The van der Waals surface area contributed by atoms with Gasteiger partial charge < -0.3 is 9.80 Å². The topological polar surface area (TPSA) is 118 Å². The second-order valence-electron chi connectivity index (χ2n) is 7.87. The van der Waals surface area contributed by atoms with Crippen LogP contribution in [0.2, 0.25) is 0 Å². The molecule has 1 atom stereocenters. The zero-order valence-corrected chi connectivity index (χ0v) is 18.5. The normalized spacial score (nSPS) is 16.5. The van der Waals surface area contributed by atoms with Crippen LogP contribution in [0.3, 0.4) is 0 Å². The lowest BCUT2D eigenvalue weighted by Gasteiger charge is -2.29. The van der Waals surface area contributed by atoms with E-state index in [2.05, 4.69) is 0 Å². The molecule has 2 aromatic rings. The Hall–Kier alpha value is -3.34. The molecule has 0 radical (unpaired) electrons. The molecule has 2 amide bonds. The van der Waals surface area contributed by atoms with Crippen molar-refractivity contribution in [3.8, 4) is 0 Å². The Bertz CT molecular complexity index is 1180. The summed E-state index contributed by atoms with van der Waals surface area (Å²) in [6.45, 7) is 3.57. The standard InChI is InChI=1S/C21H22FN3O6S/c1-13(2)24(15-4-7-17(8-5-15)32(3,30)31)21(27)14-10-20(26)23(12-14)16-6-9-18(22)19(11-16)25(28)29/h4-9,11,13-14H,10,12H2,1-3H3. The number of hydrogen-bond donors (Lipinski definition) is 0. The highest BCUT2D eigenvalue weighted by Gasteiger charge is 2.39. The molecule has 9 nitrogen and oxygen atoms in total. The van der Waals surface area contributed by atoms with Gasteiger partial charge in [0.25, 0.3) is 0 Å². The Morgan fingerprint density at radius 2 is 1.84 bits per heavy atom. The first kappa shape index (κ1) is 23.3. The number of nitro groups is 1. The molecule has 0 spiro atoms. The van der Waals surface area contributed by atoms with Gasteiger partial charge in [-0.25, -0.2) is 8.42 Å². The number of hydrogen-bond acceptors (Lipinski definition) is 6. The van der Waals surface area contributed by atoms with Gasteiger partial charge in [-0.2, -0.15) is 4.39 Å². The molecule has 3 rings (SSSR count). The summed E-state index contributed by atoms with van der Waals surface area (Å²) in [4.78, 5) is 38.8. The molecule has 0 aliphatic carbocycles. The van der Waals surface area contributed by atoms with Gasteiger partial charge in [-0.15, -0.1) is 0 Å². The molecule has 0 N–H and O–H groups in total. The average Bonchev–Trinajstić information content (AvgIpc) is 3.09. The van der Waals surface area contributed by atoms with E-state index in [1.165, 1.54) is 40.1 Å². The Kier molecular flexibility index (Phi) is 6.31. The van der Waals surface area contributed by atoms with Crippen molar-refractivity contribution in [3.05, 3.63) is 58.4 Å². The number of halogens is 1. The van der Waals surface area contributed by atoms with Gasteiger partial charge in [0.15, 0.2) is 9.84 Å². The van der Waals surface area contributed by atoms with Crippen LogP contribution in [0, 0.1) is 21.8 Å². The fraction of sp³-hybridized carbons (Fsp3) is 0.333. The minimum Gasteiger partial charge on any atom is -0.311 e. The minimum absolute atomic E-state index is 0.00883. The largest absolute Gasteiger partial charge is 0.311 e. The van der Waals surface area contributed by atoms with E-state index in [4.69, 9.17) is 0 Å². The van der Waals surface area contributed by atoms with Crippen molar-refractivity contribution in [2.45, 2.75) is 31.2 Å². The van der Waals surface area contributed by atoms with Crippen LogP contribution in [0.4, 0.5) is 21.5 Å². The summed E-state index contributed by atoms with van der Waals surface area (Å²) in [5.74, 6) is -2.47. The number of carbonyl (C=O) groups is 2. The Labute approximate surface area is 184 Å². The Balaban J connectivity index is 1.86. The molecule has 170 valence electrons. The SMILES string of the molecule is CC(C)N(C(=O)C1CC(=O)N(c2ccc(F)c([N+](=O)[O-])c2)C1)c1ccc(S(C)(=O)=O)cc1. The smallest absolute Gasteiger partial charge is 0.306 e. The zero-order valence-electron chi connectivity index (χ0n) is 17.7. The van der Waals surface area contributed by atoms with Crippen LogP contribution in [-0.2, 0) is 19.4 Å². The van der Waals surface area contributed by atoms with Crippen molar-refractivity contribution in [1.29, 1.82) is 0 Å². The van der Waals surface area contributed by atoms with Crippen molar-refractivity contribution in [1.82, 2.24) is 0 Å². The van der Waals surface area contributed by atoms with Gasteiger partial charge in [0.05, 0.1) is 21.4 Å². The van der Waals surface area contributed by atoms with Gasteiger partial charge in [0.1, 0.15) is 0 Å². The number of amides is 2. The van der Waals surface area contributed by atoms with Gasteiger partial charge in [0.2, 0.25) is 17.6 Å². The van der Waals surface area contributed by atoms with Crippen LogP contribution in [0.1, 0.15) is 20.3 Å². The van der Waals surface area contributed by atoms with Crippen LogP contribution >= 0.6 is 0 Å². The maximum Gasteiger partial charge on any atom is 0.306 e. The first-order chi connectivity index (χ1) is 14.9. The quantitative estimate of drug-likeness (QED) is 0.480. The van der Waals surface area contributed by atoms with Gasteiger partial charge in [0, 0.05) is 37.0 Å². The third-order valence-electron chi connectivity index (χ3n) is 5.21. The van der Waals surface area contributed by atoms with E-state index in [0.29, 0.717) is 5.69 Å². The number of benzene rings is 2. The third kappa shape index (κ3) is 4.62. The first-order valence-electron chi connectivity index (χ1n) is 9.77. The monoisotopic (exact) mass is 463 g/mol. The van der Waals surface area contributed by atoms with Gasteiger partial charge in [-0.1, -0.05) is 0 Å². The molecule has 0 bridgehead atoms. The summed E-state index contributed by atoms with van der Waals surface area (Å²) < 4.78 is 37.0. The van der Waals surface area contributed by atoms with Crippen LogP contribution in [-0.4, -0.2) is 44.0 Å². The highest BCUT2D eigenvalue weighted by atomic mass is 32.2. The van der Waals surface area contributed by atoms with E-state index in [-0.39, 0.29) is 35.5 Å². The molecule has 1 fully saturated rings. The molecule has 1 heterocycles. The second-order valence-corrected chi connectivity index (χ2v) is 9.88. The summed E-state index contributed by atoms with van der Waals surface area (Å²) in [7, 11) is -3.39. The second kappa shape index (κ2) is 8.65. The van der Waals surface area contributed by atoms with E-state index in [9.17, 15) is 32.5 Å². The molecule has 0 aromatic heterocycles. The van der Waals surface area contributed by atoms with Gasteiger partial charge in [-0.05, 0) is 50.2 Å².